The summed E-state index contributed by atoms with van der Waals surface area (Å²) in [5.74, 6) is -0.0891. The highest BCUT2D eigenvalue weighted by molar-refractivity contribution is 6.01. The lowest BCUT2D eigenvalue weighted by molar-refractivity contribution is -0.116. The van der Waals surface area contributed by atoms with E-state index in [0.717, 1.165) is 41.2 Å². The molecule has 0 radical (unpaired) electrons. The summed E-state index contributed by atoms with van der Waals surface area (Å²) >= 11 is 0. The Bertz CT molecular complexity index is 823. The van der Waals surface area contributed by atoms with Crippen molar-refractivity contribution in [2.24, 2.45) is 0 Å². The van der Waals surface area contributed by atoms with Gasteiger partial charge < -0.3 is 10.2 Å². The molecule has 0 unspecified atom stereocenters. The first-order valence-electron chi connectivity index (χ1n) is 9.79. The zero-order valence-electron chi connectivity index (χ0n) is 16.3. The smallest absolute Gasteiger partial charge is 0.224 e. The summed E-state index contributed by atoms with van der Waals surface area (Å²) in [7, 11) is 0. The maximum atomic E-state index is 12.5. The first kappa shape index (κ1) is 19.2. The van der Waals surface area contributed by atoms with E-state index >= 15 is 0 Å². The van der Waals surface area contributed by atoms with Gasteiger partial charge in [0.25, 0.3) is 0 Å². The third kappa shape index (κ3) is 4.97. The fraction of sp³-hybridized carbons (Fsp3) is 0.391. The first-order chi connectivity index (χ1) is 13.0. The van der Waals surface area contributed by atoms with Crippen molar-refractivity contribution in [3.05, 3.63) is 59.2 Å². The van der Waals surface area contributed by atoms with Crippen LogP contribution in [0.2, 0.25) is 0 Å². The predicted molar refractivity (Wildman–Crippen MR) is 111 cm³/mol. The number of anilines is 2. The van der Waals surface area contributed by atoms with Crippen LogP contribution in [0.25, 0.3) is 0 Å². The lowest BCUT2D eigenvalue weighted by Gasteiger charge is -2.30. The Labute approximate surface area is 161 Å². The monoisotopic (exact) mass is 364 g/mol. The van der Waals surface area contributed by atoms with Gasteiger partial charge in [0.15, 0.2) is 5.78 Å². The molecule has 2 aromatic carbocycles. The highest BCUT2D eigenvalue weighted by Crippen LogP contribution is 2.28. The van der Waals surface area contributed by atoms with Gasteiger partial charge in [-0.3, -0.25) is 9.59 Å². The van der Waals surface area contributed by atoms with Crippen molar-refractivity contribution in [2.45, 2.75) is 46.0 Å². The molecule has 3 rings (SSSR count). The maximum absolute atomic E-state index is 12.5. The summed E-state index contributed by atoms with van der Waals surface area (Å²) in [6, 6.07) is 13.8. The number of Topliss-reactive ketones (excluding diaryl/α,β-unsaturated/α-hetero) is 1. The molecule has 1 amide bonds. The van der Waals surface area contributed by atoms with Crippen molar-refractivity contribution in [2.75, 3.05) is 23.3 Å². The average molecular weight is 364 g/mol. The van der Waals surface area contributed by atoms with Crippen LogP contribution in [0, 0.1) is 13.8 Å². The van der Waals surface area contributed by atoms with Gasteiger partial charge in [0.05, 0.1) is 11.4 Å². The van der Waals surface area contributed by atoms with E-state index in [9.17, 15) is 9.59 Å². The van der Waals surface area contributed by atoms with Crippen molar-refractivity contribution < 1.29 is 9.59 Å². The molecule has 27 heavy (non-hydrogen) atoms. The van der Waals surface area contributed by atoms with Crippen molar-refractivity contribution >= 4 is 23.1 Å². The molecule has 142 valence electrons. The number of aryl methyl sites for hydroxylation is 2. The van der Waals surface area contributed by atoms with Crippen molar-refractivity contribution in [1.29, 1.82) is 0 Å². The number of amides is 1. The van der Waals surface area contributed by atoms with Crippen molar-refractivity contribution in [1.82, 2.24) is 0 Å². The molecule has 4 nitrogen and oxygen atoms in total. The topological polar surface area (TPSA) is 49.4 Å². The van der Waals surface area contributed by atoms with E-state index in [2.05, 4.69) is 16.3 Å². The van der Waals surface area contributed by atoms with E-state index in [-0.39, 0.29) is 24.5 Å². The van der Waals surface area contributed by atoms with Crippen LogP contribution in [0.15, 0.2) is 42.5 Å². The number of piperidine rings is 1. The average Bonchev–Trinajstić information content (AvgIpc) is 2.69. The van der Waals surface area contributed by atoms with Gasteiger partial charge in [0.2, 0.25) is 5.91 Å². The quantitative estimate of drug-likeness (QED) is 0.742. The summed E-state index contributed by atoms with van der Waals surface area (Å²) in [5, 5.41) is 3.01. The maximum Gasteiger partial charge on any atom is 0.224 e. The van der Waals surface area contributed by atoms with Crippen LogP contribution in [0.4, 0.5) is 11.4 Å². The molecule has 1 heterocycles. The number of carbonyl (C=O) groups is 2. The van der Waals surface area contributed by atoms with E-state index in [1.54, 1.807) is 0 Å². The van der Waals surface area contributed by atoms with Gasteiger partial charge in [-0.05, 0) is 56.9 Å². The Hall–Kier alpha value is -2.62. The summed E-state index contributed by atoms with van der Waals surface area (Å²) in [6.45, 7) is 5.96. The zero-order chi connectivity index (χ0) is 19.2. The second kappa shape index (κ2) is 8.85. The van der Waals surface area contributed by atoms with Gasteiger partial charge in [-0.2, -0.15) is 0 Å². The van der Waals surface area contributed by atoms with Crippen LogP contribution >= 0.6 is 0 Å². The molecule has 0 bridgehead atoms. The first-order valence-corrected chi connectivity index (χ1v) is 9.79. The van der Waals surface area contributed by atoms with Crippen LogP contribution in [0.1, 0.15) is 53.6 Å². The molecule has 0 spiro atoms. The van der Waals surface area contributed by atoms with E-state index in [0.29, 0.717) is 0 Å². The van der Waals surface area contributed by atoms with E-state index in [4.69, 9.17) is 0 Å². The highest BCUT2D eigenvalue weighted by atomic mass is 16.2. The number of nitrogens with one attached hydrogen (secondary N) is 1. The summed E-state index contributed by atoms with van der Waals surface area (Å²) < 4.78 is 0. The van der Waals surface area contributed by atoms with Gasteiger partial charge in [-0.25, -0.2) is 0 Å². The second-order valence-corrected chi connectivity index (χ2v) is 7.35. The number of para-hydroxylation sites is 2. The molecule has 1 saturated heterocycles. The summed E-state index contributed by atoms with van der Waals surface area (Å²) in [6.07, 6.45) is 4.06. The predicted octanol–water partition coefficient (Wildman–Crippen LogP) is 4.90. The Balaban J connectivity index is 1.61. The third-order valence-corrected chi connectivity index (χ3v) is 5.15. The van der Waals surface area contributed by atoms with E-state index in [1.807, 2.05) is 50.2 Å². The fourth-order valence-corrected chi connectivity index (χ4v) is 3.60. The Morgan fingerprint density at radius 3 is 2.48 bits per heavy atom. The van der Waals surface area contributed by atoms with E-state index < -0.39 is 0 Å². The van der Waals surface area contributed by atoms with E-state index in [1.165, 1.54) is 19.3 Å². The zero-order valence-corrected chi connectivity index (χ0v) is 16.3. The number of nitrogens with zero attached hydrogens (tertiary/aromatic N) is 1. The minimum absolute atomic E-state index is 0.0238. The van der Waals surface area contributed by atoms with Gasteiger partial charge in [0.1, 0.15) is 0 Å². The normalized spacial score (nSPS) is 14.1. The molecule has 2 aromatic rings. The lowest BCUT2D eigenvalue weighted by atomic mass is 9.99. The van der Waals surface area contributed by atoms with Gasteiger partial charge in [-0.1, -0.05) is 29.8 Å². The van der Waals surface area contributed by atoms with Gasteiger partial charge >= 0.3 is 0 Å². The molecule has 0 aromatic heterocycles. The summed E-state index contributed by atoms with van der Waals surface area (Å²) in [5.41, 5.74) is 4.65. The van der Waals surface area contributed by atoms with Crippen molar-refractivity contribution in [3.8, 4) is 0 Å². The summed E-state index contributed by atoms with van der Waals surface area (Å²) in [4.78, 5) is 27.3. The molecular formula is C23H28N2O2. The number of benzene rings is 2. The van der Waals surface area contributed by atoms with Crippen LogP contribution in [-0.2, 0) is 4.79 Å². The molecule has 0 saturated carbocycles. The molecule has 1 aliphatic heterocycles. The Kier molecular flexibility index (Phi) is 6.28. The molecule has 0 aliphatic carbocycles. The third-order valence-electron chi connectivity index (χ3n) is 5.15. The largest absolute Gasteiger partial charge is 0.370 e. The number of hydrogen-bond acceptors (Lipinski definition) is 3. The SMILES string of the molecule is Cc1ccc(C)c(C(=O)CCC(=O)Nc2ccccc2N2CCCCC2)c1. The minimum atomic E-state index is -0.113. The number of rotatable bonds is 6. The standard InChI is InChI=1S/C23H28N2O2/c1-17-10-11-18(2)19(16-17)22(26)12-13-23(27)24-20-8-4-5-9-21(20)25-14-6-3-7-15-25/h4-5,8-11,16H,3,6-7,12-15H2,1-2H3,(H,24,27). The van der Waals surface area contributed by atoms with Gasteiger partial charge in [0, 0.05) is 31.5 Å². The molecule has 0 atom stereocenters. The number of ketones is 1. The lowest BCUT2D eigenvalue weighted by Crippen LogP contribution is -2.30. The number of carbonyl (C=O) groups excluding carboxylic acids is 2. The molecule has 4 heteroatoms. The molecule has 1 N–H and O–H groups in total. The minimum Gasteiger partial charge on any atom is -0.370 e. The molecule has 1 fully saturated rings. The fourth-order valence-electron chi connectivity index (χ4n) is 3.60. The van der Waals surface area contributed by atoms with Crippen LogP contribution in [0.3, 0.4) is 0 Å². The Morgan fingerprint density at radius 2 is 1.70 bits per heavy atom. The van der Waals surface area contributed by atoms with Gasteiger partial charge in [-0.15, -0.1) is 0 Å². The van der Waals surface area contributed by atoms with Crippen molar-refractivity contribution in [3.63, 3.8) is 0 Å². The van der Waals surface area contributed by atoms with Crippen LogP contribution in [-0.4, -0.2) is 24.8 Å². The van der Waals surface area contributed by atoms with Crippen LogP contribution < -0.4 is 10.2 Å². The highest BCUT2D eigenvalue weighted by Gasteiger charge is 2.16. The Morgan fingerprint density at radius 1 is 0.963 bits per heavy atom. The molecular weight excluding hydrogens is 336 g/mol. The second-order valence-electron chi connectivity index (χ2n) is 7.35. The van der Waals surface area contributed by atoms with Crippen LogP contribution in [0.5, 0.6) is 0 Å². The number of hydrogen-bond donors (Lipinski definition) is 1. The molecule has 1 aliphatic rings.